The van der Waals surface area contributed by atoms with Crippen LogP contribution >= 0.6 is 15.9 Å². The Morgan fingerprint density at radius 1 is 1.11 bits per heavy atom. The number of likely N-dealkylation sites (tertiary alicyclic amines) is 1. The molecule has 0 amide bonds. The van der Waals surface area contributed by atoms with Crippen molar-refractivity contribution >= 4 is 15.9 Å². The van der Waals surface area contributed by atoms with Crippen LogP contribution in [0.5, 0.6) is 0 Å². The van der Waals surface area contributed by atoms with Gasteiger partial charge in [0.2, 0.25) is 0 Å². The summed E-state index contributed by atoms with van der Waals surface area (Å²) in [6, 6.07) is 8.95. The molecule has 1 aromatic rings. The van der Waals surface area contributed by atoms with Crippen molar-refractivity contribution in [2.75, 3.05) is 19.6 Å². The number of benzene rings is 1. The molecule has 1 heterocycles. The molecule has 1 saturated heterocycles. The molecule has 0 saturated carbocycles. The van der Waals surface area contributed by atoms with Crippen LogP contribution in [0.2, 0.25) is 0 Å². The summed E-state index contributed by atoms with van der Waals surface area (Å²) in [5.74, 6) is 0. The van der Waals surface area contributed by atoms with Gasteiger partial charge in [0.05, 0.1) is 0 Å². The van der Waals surface area contributed by atoms with E-state index in [-0.39, 0.29) is 0 Å². The molecule has 18 heavy (non-hydrogen) atoms. The fourth-order valence-electron chi connectivity index (χ4n) is 2.79. The van der Waals surface area contributed by atoms with Crippen LogP contribution in [0.25, 0.3) is 0 Å². The second-order valence-electron chi connectivity index (χ2n) is 5.11. The van der Waals surface area contributed by atoms with E-state index in [0.717, 1.165) is 4.47 Å². The Morgan fingerprint density at radius 2 is 1.78 bits per heavy atom. The predicted molar refractivity (Wildman–Crippen MR) is 80.6 cm³/mol. The largest absolute Gasteiger partial charge is 0.329 e. The highest BCUT2D eigenvalue weighted by molar-refractivity contribution is 9.10. The number of nitrogens with two attached hydrogens (primary N) is 1. The molecular formula is C15H23BrN2. The Bertz CT molecular complexity index is 359. The Morgan fingerprint density at radius 3 is 2.39 bits per heavy atom. The first kappa shape index (κ1) is 14.0. The minimum Gasteiger partial charge on any atom is -0.329 e. The first-order chi connectivity index (χ1) is 8.81. The average Bonchev–Trinajstić information content (AvgIpc) is 2.32. The summed E-state index contributed by atoms with van der Waals surface area (Å²) in [4.78, 5) is 2.57. The van der Waals surface area contributed by atoms with E-state index in [2.05, 4.69) is 45.1 Å². The highest BCUT2D eigenvalue weighted by Crippen LogP contribution is 2.25. The smallest absolute Gasteiger partial charge is 0.0470 e. The Balaban J connectivity index is 2.10. The molecule has 2 rings (SSSR count). The number of hydrogen-bond acceptors (Lipinski definition) is 2. The van der Waals surface area contributed by atoms with Gasteiger partial charge in [0.1, 0.15) is 0 Å². The first-order valence-electron chi connectivity index (χ1n) is 7.01. The third kappa shape index (κ3) is 3.81. The summed E-state index contributed by atoms with van der Waals surface area (Å²) in [5.41, 5.74) is 7.36. The van der Waals surface area contributed by atoms with Gasteiger partial charge in [0.15, 0.2) is 0 Å². The lowest BCUT2D eigenvalue weighted by Gasteiger charge is -2.32. The van der Waals surface area contributed by atoms with Crippen LogP contribution in [0.1, 0.15) is 43.7 Å². The summed E-state index contributed by atoms with van der Waals surface area (Å²) in [6.07, 6.45) is 6.76. The maximum atomic E-state index is 6.02. The van der Waals surface area contributed by atoms with Gasteiger partial charge < -0.3 is 5.73 Å². The Labute approximate surface area is 119 Å². The van der Waals surface area contributed by atoms with Crippen LogP contribution in [-0.4, -0.2) is 24.5 Å². The molecule has 1 aliphatic rings. The van der Waals surface area contributed by atoms with Crippen LogP contribution in [0.15, 0.2) is 28.7 Å². The molecular weight excluding hydrogens is 288 g/mol. The van der Waals surface area contributed by atoms with E-state index in [4.69, 9.17) is 5.73 Å². The molecule has 0 spiro atoms. The van der Waals surface area contributed by atoms with Crippen molar-refractivity contribution in [1.82, 2.24) is 4.90 Å². The molecule has 0 bridgehead atoms. The Hall–Kier alpha value is -0.380. The summed E-state index contributed by atoms with van der Waals surface area (Å²) in [7, 11) is 0. The monoisotopic (exact) mass is 310 g/mol. The highest BCUT2D eigenvalue weighted by Gasteiger charge is 2.19. The normalized spacial score (nSPS) is 20.1. The average molecular weight is 311 g/mol. The van der Waals surface area contributed by atoms with Crippen molar-refractivity contribution in [2.24, 2.45) is 5.73 Å². The summed E-state index contributed by atoms with van der Waals surface area (Å²) in [6.45, 7) is 3.08. The van der Waals surface area contributed by atoms with E-state index >= 15 is 0 Å². The topological polar surface area (TPSA) is 29.3 Å². The lowest BCUT2D eigenvalue weighted by Crippen LogP contribution is -2.36. The number of nitrogens with zero attached hydrogens (tertiary/aromatic N) is 1. The van der Waals surface area contributed by atoms with Gasteiger partial charge in [-0.3, -0.25) is 4.90 Å². The van der Waals surface area contributed by atoms with Crippen molar-refractivity contribution in [3.8, 4) is 0 Å². The van der Waals surface area contributed by atoms with Gasteiger partial charge in [-0.25, -0.2) is 0 Å². The van der Waals surface area contributed by atoms with E-state index in [1.54, 1.807) is 0 Å². The molecule has 1 unspecified atom stereocenters. The molecule has 0 aromatic heterocycles. The molecule has 1 atom stereocenters. The van der Waals surface area contributed by atoms with Gasteiger partial charge in [-0.2, -0.15) is 0 Å². The number of rotatable bonds is 3. The second kappa shape index (κ2) is 7.27. The molecule has 3 heteroatoms. The van der Waals surface area contributed by atoms with Crippen LogP contribution in [0.3, 0.4) is 0 Å². The fraction of sp³-hybridized carbons (Fsp3) is 0.600. The van der Waals surface area contributed by atoms with Gasteiger partial charge in [-0.05, 0) is 43.6 Å². The molecule has 1 aromatic carbocycles. The van der Waals surface area contributed by atoms with Gasteiger partial charge in [0.25, 0.3) is 0 Å². The molecule has 0 radical (unpaired) electrons. The molecule has 2 N–H and O–H groups in total. The van der Waals surface area contributed by atoms with E-state index in [1.165, 1.54) is 50.8 Å². The van der Waals surface area contributed by atoms with E-state index in [1.807, 2.05) is 0 Å². The van der Waals surface area contributed by atoms with Gasteiger partial charge >= 0.3 is 0 Å². The Kier molecular flexibility index (Phi) is 5.67. The summed E-state index contributed by atoms with van der Waals surface area (Å²) in [5, 5.41) is 0. The van der Waals surface area contributed by atoms with E-state index in [0.29, 0.717) is 12.6 Å². The van der Waals surface area contributed by atoms with E-state index in [9.17, 15) is 0 Å². The number of halogens is 1. The van der Waals surface area contributed by atoms with Crippen LogP contribution in [0.4, 0.5) is 0 Å². The SMILES string of the molecule is NCC(c1cccc(Br)c1)N1CCCCCCC1. The zero-order valence-electron chi connectivity index (χ0n) is 10.9. The lowest BCUT2D eigenvalue weighted by atomic mass is 10.0. The maximum absolute atomic E-state index is 6.02. The molecule has 0 aliphatic carbocycles. The molecule has 1 fully saturated rings. The standard InChI is InChI=1S/C15H23BrN2/c16-14-8-6-7-13(11-14)15(12-17)18-9-4-2-1-3-5-10-18/h6-8,11,15H,1-5,9-10,12,17H2. The van der Waals surface area contributed by atoms with Crippen molar-refractivity contribution in [2.45, 2.75) is 38.1 Å². The third-order valence-electron chi connectivity index (χ3n) is 3.79. The van der Waals surface area contributed by atoms with Gasteiger partial charge in [0, 0.05) is 17.1 Å². The van der Waals surface area contributed by atoms with Crippen molar-refractivity contribution in [1.29, 1.82) is 0 Å². The van der Waals surface area contributed by atoms with Crippen LogP contribution in [-0.2, 0) is 0 Å². The molecule has 100 valence electrons. The van der Waals surface area contributed by atoms with Crippen molar-refractivity contribution < 1.29 is 0 Å². The molecule has 2 nitrogen and oxygen atoms in total. The predicted octanol–water partition coefficient (Wildman–Crippen LogP) is 3.72. The lowest BCUT2D eigenvalue weighted by molar-refractivity contribution is 0.183. The second-order valence-corrected chi connectivity index (χ2v) is 6.03. The number of hydrogen-bond donors (Lipinski definition) is 1. The highest BCUT2D eigenvalue weighted by atomic mass is 79.9. The van der Waals surface area contributed by atoms with E-state index < -0.39 is 0 Å². The van der Waals surface area contributed by atoms with Crippen LogP contribution < -0.4 is 5.73 Å². The third-order valence-corrected chi connectivity index (χ3v) is 4.28. The van der Waals surface area contributed by atoms with Crippen molar-refractivity contribution in [3.05, 3.63) is 34.3 Å². The van der Waals surface area contributed by atoms with Crippen molar-refractivity contribution in [3.63, 3.8) is 0 Å². The maximum Gasteiger partial charge on any atom is 0.0470 e. The quantitative estimate of drug-likeness (QED) is 0.922. The zero-order chi connectivity index (χ0) is 12.8. The fourth-order valence-corrected chi connectivity index (χ4v) is 3.21. The first-order valence-corrected chi connectivity index (χ1v) is 7.80. The van der Waals surface area contributed by atoms with Gasteiger partial charge in [-0.1, -0.05) is 47.3 Å². The summed E-state index contributed by atoms with van der Waals surface area (Å²) < 4.78 is 1.14. The zero-order valence-corrected chi connectivity index (χ0v) is 12.5. The molecule has 1 aliphatic heterocycles. The van der Waals surface area contributed by atoms with Crippen LogP contribution in [0, 0.1) is 0 Å². The summed E-state index contributed by atoms with van der Waals surface area (Å²) >= 11 is 3.55. The minimum absolute atomic E-state index is 0.376. The minimum atomic E-state index is 0.376. The van der Waals surface area contributed by atoms with Gasteiger partial charge in [-0.15, -0.1) is 0 Å².